The van der Waals surface area contributed by atoms with Crippen molar-refractivity contribution in [1.82, 2.24) is 20.0 Å². The summed E-state index contributed by atoms with van der Waals surface area (Å²) in [5.74, 6) is -1.54. The molecular formula is C20H21ClF2N4O3. The summed E-state index contributed by atoms with van der Waals surface area (Å²) in [4.78, 5) is 14.3. The highest BCUT2D eigenvalue weighted by Gasteiger charge is 2.43. The Morgan fingerprint density at radius 2 is 2.17 bits per heavy atom. The first kappa shape index (κ1) is 19.6. The summed E-state index contributed by atoms with van der Waals surface area (Å²) in [5, 5.41) is 7.90. The first-order chi connectivity index (χ1) is 14.3. The Kier molecular flexibility index (Phi) is 4.82. The number of hydrogen-bond donors (Lipinski definition) is 1. The molecular weight excluding hydrogens is 418 g/mol. The van der Waals surface area contributed by atoms with Gasteiger partial charge in [-0.2, -0.15) is 5.10 Å². The molecule has 160 valence electrons. The van der Waals surface area contributed by atoms with Crippen LogP contribution < -0.4 is 14.8 Å². The largest absolute Gasteiger partial charge is 0.491 e. The molecule has 0 unspecified atom stereocenters. The summed E-state index contributed by atoms with van der Waals surface area (Å²) >= 11 is 6.04. The average molecular weight is 439 g/mol. The molecule has 0 radical (unpaired) electrons. The fourth-order valence-electron chi connectivity index (χ4n) is 4.10. The van der Waals surface area contributed by atoms with Crippen LogP contribution in [0.25, 0.3) is 0 Å². The summed E-state index contributed by atoms with van der Waals surface area (Å²) < 4.78 is 39.0. The second-order valence-electron chi connectivity index (χ2n) is 8.08. The molecule has 0 bridgehead atoms. The van der Waals surface area contributed by atoms with Crippen molar-refractivity contribution in [2.24, 2.45) is 0 Å². The number of nitrogens with one attached hydrogen (secondary N) is 1. The van der Waals surface area contributed by atoms with Gasteiger partial charge in [-0.05, 0) is 36.6 Å². The quantitative estimate of drug-likeness (QED) is 0.776. The zero-order valence-corrected chi connectivity index (χ0v) is 16.9. The normalized spacial score (nSPS) is 24.2. The molecule has 10 heteroatoms. The SMILES string of the molecule is O=C(N[C@H]1COc2ccc(Cl)cc2C1)c1cc2n(n1)C[C@@H](CCN1CC(F)(F)C1)O2. The van der Waals surface area contributed by atoms with Gasteiger partial charge in [0.1, 0.15) is 18.5 Å². The Bertz CT molecular complexity index is 951. The smallest absolute Gasteiger partial charge is 0.272 e. The maximum atomic E-state index is 12.9. The summed E-state index contributed by atoms with van der Waals surface area (Å²) in [6, 6.07) is 6.88. The molecule has 4 heterocycles. The maximum Gasteiger partial charge on any atom is 0.272 e. The third kappa shape index (κ3) is 3.96. The van der Waals surface area contributed by atoms with Gasteiger partial charge in [-0.3, -0.25) is 9.69 Å². The number of nitrogens with zero attached hydrogens (tertiary/aromatic N) is 3. The van der Waals surface area contributed by atoms with E-state index in [1.165, 1.54) is 0 Å². The number of carbonyl (C=O) groups excluding carboxylic acids is 1. The second-order valence-corrected chi connectivity index (χ2v) is 8.52. The fourth-order valence-corrected chi connectivity index (χ4v) is 4.29. The first-order valence-electron chi connectivity index (χ1n) is 9.91. The van der Waals surface area contributed by atoms with Crippen LogP contribution in [0.1, 0.15) is 22.5 Å². The molecule has 0 spiro atoms. The molecule has 2 aromatic rings. The van der Waals surface area contributed by atoms with Crippen molar-refractivity contribution in [3.63, 3.8) is 0 Å². The van der Waals surface area contributed by atoms with Crippen LogP contribution in [0, 0.1) is 0 Å². The predicted molar refractivity (Wildman–Crippen MR) is 105 cm³/mol. The van der Waals surface area contributed by atoms with Crippen molar-refractivity contribution < 1.29 is 23.0 Å². The summed E-state index contributed by atoms with van der Waals surface area (Å²) in [7, 11) is 0. The molecule has 0 saturated carbocycles. The molecule has 3 aliphatic rings. The number of alkyl halides is 2. The van der Waals surface area contributed by atoms with Gasteiger partial charge in [0.15, 0.2) is 5.69 Å². The number of rotatable bonds is 5. The van der Waals surface area contributed by atoms with Crippen LogP contribution in [0.5, 0.6) is 11.6 Å². The van der Waals surface area contributed by atoms with Gasteiger partial charge in [0.2, 0.25) is 5.88 Å². The van der Waals surface area contributed by atoms with Gasteiger partial charge in [-0.15, -0.1) is 0 Å². The Morgan fingerprint density at radius 1 is 1.33 bits per heavy atom. The second kappa shape index (κ2) is 7.39. The highest BCUT2D eigenvalue weighted by molar-refractivity contribution is 6.30. The molecule has 2 atom stereocenters. The van der Waals surface area contributed by atoms with Crippen LogP contribution in [0.3, 0.4) is 0 Å². The zero-order chi connectivity index (χ0) is 20.9. The topological polar surface area (TPSA) is 68.6 Å². The van der Waals surface area contributed by atoms with E-state index in [-0.39, 0.29) is 36.8 Å². The molecule has 3 aliphatic heterocycles. The third-order valence-corrected chi connectivity index (χ3v) is 5.82. The van der Waals surface area contributed by atoms with E-state index < -0.39 is 5.92 Å². The minimum Gasteiger partial charge on any atom is -0.491 e. The molecule has 1 fully saturated rings. The lowest BCUT2D eigenvalue weighted by atomic mass is 10.0. The maximum absolute atomic E-state index is 12.9. The molecule has 1 aromatic carbocycles. The fraction of sp³-hybridized carbons (Fsp3) is 0.500. The number of halogens is 3. The Hall–Kier alpha value is -2.39. The number of fused-ring (bicyclic) bond motifs is 2. The molecule has 1 saturated heterocycles. The van der Waals surface area contributed by atoms with Crippen molar-refractivity contribution >= 4 is 17.5 Å². The van der Waals surface area contributed by atoms with Gasteiger partial charge in [-0.25, -0.2) is 13.5 Å². The summed E-state index contributed by atoms with van der Waals surface area (Å²) in [6.45, 7) is 1.07. The van der Waals surface area contributed by atoms with E-state index in [1.807, 2.05) is 12.1 Å². The Labute approximate surface area is 176 Å². The van der Waals surface area contributed by atoms with E-state index in [2.05, 4.69) is 10.4 Å². The monoisotopic (exact) mass is 438 g/mol. The van der Waals surface area contributed by atoms with Gasteiger partial charge in [0, 0.05) is 17.6 Å². The number of likely N-dealkylation sites (tertiary alicyclic amines) is 1. The minimum absolute atomic E-state index is 0.119. The summed E-state index contributed by atoms with van der Waals surface area (Å²) in [5.41, 5.74) is 1.24. The number of aromatic nitrogens is 2. The van der Waals surface area contributed by atoms with E-state index >= 15 is 0 Å². The lowest BCUT2D eigenvalue weighted by Gasteiger charge is -2.38. The van der Waals surface area contributed by atoms with Gasteiger partial charge in [0.05, 0.1) is 25.7 Å². The number of amides is 1. The Morgan fingerprint density at radius 3 is 2.93 bits per heavy atom. The predicted octanol–water partition coefficient (Wildman–Crippen LogP) is 2.37. The number of hydrogen-bond acceptors (Lipinski definition) is 5. The van der Waals surface area contributed by atoms with E-state index in [0.29, 0.717) is 43.4 Å². The van der Waals surface area contributed by atoms with Crippen LogP contribution in [-0.4, -0.2) is 64.9 Å². The average Bonchev–Trinajstić information content (AvgIpc) is 3.23. The van der Waals surface area contributed by atoms with E-state index in [4.69, 9.17) is 21.1 Å². The molecule has 1 aromatic heterocycles. The van der Waals surface area contributed by atoms with Gasteiger partial charge in [0.25, 0.3) is 11.8 Å². The van der Waals surface area contributed by atoms with Crippen molar-refractivity contribution in [3.8, 4) is 11.6 Å². The van der Waals surface area contributed by atoms with Gasteiger partial charge in [-0.1, -0.05) is 11.6 Å². The molecule has 30 heavy (non-hydrogen) atoms. The van der Waals surface area contributed by atoms with Crippen LogP contribution in [-0.2, 0) is 13.0 Å². The Balaban J connectivity index is 1.13. The van der Waals surface area contributed by atoms with E-state index in [1.54, 1.807) is 21.7 Å². The van der Waals surface area contributed by atoms with Gasteiger partial charge < -0.3 is 14.8 Å². The van der Waals surface area contributed by atoms with Crippen molar-refractivity contribution in [1.29, 1.82) is 0 Å². The van der Waals surface area contributed by atoms with Crippen molar-refractivity contribution in [2.75, 3.05) is 26.2 Å². The standard InChI is InChI=1S/C20H21ClF2N4O3/c21-13-1-2-17-12(5-13)6-14(9-29-17)24-19(28)16-7-18-27(25-16)8-15(30-18)3-4-26-10-20(22,23)11-26/h1-2,5,7,14-15H,3-4,6,8-11H2,(H,24,28)/t14-,15-/m1/s1. The lowest BCUT2D eigenvalue weighted by molar-refractivity contribution is -0.131. The van der Waals surface area contributed by atoms with Gasteiger partial charge >= 0.3 is 0 Å². The van der Waals surface area contributed by atoms with Crippen LogP contribution in [0.15, 0.2) is 24.3 Å². The van der Waals surface area contributed by atoms with Crippen LogP contribution in [0.2, 0.25) is 5.02 Å². The number of benzene rings is 1. The molecule has 7 nitrogen and oxygen atoms in total. The van der Waals surface area contributed by atoms with Crippen molar-refractivity contribution in [2.45, 2.75) is 37.5 Å². The molecule has 0 aliphatic carbocycles. The highest BCUT2D eigenvalue weighted by Crippen LogP contribution is 2.30. The third-order valence-electron chi connectivity index (χ3n) is 5.58. The molecule has 1 N–H and O–H groups in total. The molecule has 1 amide bonds. The van der Waals surface area contributed by atoms with Crippen LogP contribution in [0.4, 0.5) is 8.78 Å². The number of ether oxygens (including phenoxy) is 2. The number of carbonyl (C=O) groups is 1. The summed E-state index contributed by atoms with van der Waals surface area (Å²) in [6.07, 6.45) is 1.15. The molecule has 5 rings (SSSR count). The van der Waals surface area contributed by atoms with E-state index in [0.717, 1.165) is 11.3 Å². The zero-order valence-electron chi connectivity index (χ0n) is 16.1. The van der Waals surface area contributed by atoms with Crippen LogP contribution >= 0.6 is 11.6 Å². The highest BCUT2D eigenvalue weighted by atomic mass is 35.5. The van der Waals surface area contributed by atoms with E-state index in [9.17, 15) is 13.6 Å². The first-order valence-corrected chi connectivity index (χ1v) is 10.3. The minimum atomic E-state index is -2.55. The lowest BCUT2D eigenvalue weighted by Crippen LogP contribution is -2.56. The van der Waals surface area contributed by atoms with Crippen molar-refractivity contribution in [3.05, 3.63) is 40.5 Å².